The highest BCUT2D eigenvalue weighted by molar-refractivity contribution is 5.83. The van der Waals surface area contributed by atoms with E-state index in [2.05, 4.69) is 39.0 Å². The van der Waals surface area contributed by atoms with Crippen LogP contribution in [0.15, 0.2) is 24.4 Å². The van der Waals surface area contributed by atoms with E-state index in [-0.39, 0.29) is 11.3 Å². The molecule has 6 rings (SSSR count). The normalized spacial score (nSPS) is 43.9. The number of aromatic nitrogens is 2. The number of fused-ring (bicyclic) bond motifs is 6. The average Bonchev–Trinajstić information content (AvgIpc) is 3.33. The molecule has 8 atom stereocenters. The Morgan fingerprint density at radius 2 is 1.82 bits per heavy atom. The number of aliphatic hydroxyl groups is 1. The predicted molar refractivity (Wildman–Crippen MR) is 135 cm³/mol. The number of benzene rings is 1. The molecule has 184 valence electrons. The van der Waals surface area contributed by atoms with E-state index in [1.807, 2.05) is 17.8 Å². The Balaban J connectivity index is 1.20. The average molecular weight is 463 g/mol. The van der Waals surface area contributed by atoms with E-state index in [1.54, 1.807) is 0 Å². The first kappa shape index (κ1) is 22.8. The van der Waals surface area contributed by atoms with Crippen LogP contribution in [0.1, 0.15) is 84.1 Å². The van der Waals surface area contributed by atoms with Crippen LogP contribution in [0.2, 0.25) is 0 Å². The zero-order valence-electron chi connectivity index (χ0n) is 21.5. The molecule has 0 unspecified atom stereocenters. The maximum Gasteiger partial charge on any atom is 0.157 e. The van der Waals surface area contributed by atoms with Crippen LogP contribution in [0.5, 0.6) is 0 Å². The van der Waals surface area contributed by atoms with Gasteiger partial charge in [0.05, 0.1) is 17.7 Å². The Hall–Kier alpha value is -1.68. The third-order valence-corrected chi connectivity index (χ3v) is 11.4. The lowest BCUT2D eigenvalue weighted by molar-refractivity contribution is -0.151. The van der Waals surface area contributed by atoms with Crippen molar-refractivity contribution in [2.75, 3.05) is 0 Å². The van der Waals surface area contributed by atoms with Crippen molar-refractivity contribution in [3.05, 3.63) is 30.0 Å². The maximum atomic E-state index is 13.7. The lowest BCUT2D eigenvalue weighted by atomic mass is 9.44. The lowest BCUT2D eigenvalue weighted by Gasteiger charge is -2.61. The Bertz CT molecular complexity index is 1120. The third kappa shape index (κ3) is 3.42. The summed E-state index contributed by atoms with van der Waals surface area (Å²) < 4.78 is 1.88. The standard InChI is InChI=1S/C30H42N2O2/c1-19-5-10-26-20(15-19)17-32(31-26)18-27(33)25-9-8-23-22-7-6-21-16-28(2,34)13-14-29(21,3)24(22)11-12-30(23,25)4/h5,10,15,17,21-25,34H,6-9,11-14,16,18H2,1-4H3/t21-,22-,23-,24-,25+,28+,29-,30-/m0/s1. The molecule has 4 heteroatoms. The summed E-state index contributed by atoms with van der Waals surface area (Å²) in [5.41, 5.74) is 2.26. The topological polar surface area (TPSA) is 55.1 Å². The van der Waals surface area contributed by atoms with Gasteiger partial charge in [0, 0.05) is 17.5 Å². The smallest absolute Gasteiger partial charge is 0.157 e. The van der Waals surface area contributed by atoms with Crippen molar-refractivity contribution in [1.29, 1.82) is 0 Å². The van der Waals surface area contributed by atoms with Gasteiger partial charge in [-0.15, -0.1) is 0 Å². The van der Waals surface area contributed by atoms with Crippen LogP contribution >= 0.6 is 0 Å². The van der Waals surface area contributed by atoms with E-state index < -0.39 is 5.60 Å². The zero-order chi connectivity index (χ0) is 23.9. The molecule has 4 saturated carbocycles. The summed E-state index contributed by atoms with van der Waals surface area (Å²) >= 11 is 0. The van der Waals surface area contributed by atoms with Gasteiger partial charge in [0.2, 0.25) is 0 Å². The second-order valence-corrected chi connectivity index (χ2v) is 13.4. The molecule has 4 aliphatic rings. The fraction of sp³-hybridized carbons (Fsp3) is 0.733. The van der Waals surface area contributed by atoms with Crippen molar-refractivity contribution in [2.24, 2.45) is 40.4 Å². The highest BCUT2D eigenvalue weighted by Crippen LogP contribution is 2.68. The first-order valence-corrected chi connectivity index (χ1v) is 13.8. The Morgan fingerprint density at radius 3 is 2.65 bits per heavy atom. The second kappa shape index (κ2) is 7.66. The van der Waals surface area contributed by atoms with E-state index in [4.69, 9.17) is 5.10 Å². The van der Waals surface area contributed by atoms with Crippen molar-refractivity contribution in [1.82, 2.24) is 9.78 Å². The SMILES string of the molecule is Cc1ccc2nn(CC(=O)[C@H]3CC[C@H]4[C@@H]5CC[C@H]6C[C@](C)(O)CC[C@]6(C)[C@H]5CC[C@]34C)cc2c1. The molecule has 1 aromatic carbocycles. The van der Waals surface area contributed by atoms with Crippen molar-refractivity contribution in [2.45, 2.75) is 97.6 Å². The Kier molecular flexibility index (Phi) is 5.13. The summed E-state index contributed by atoms with van der Waals surface area (Å²) in [4.78, 5) is 13.7. The van der Waals surface area contributed by atoms with Gasteiger partial charge in [0.1, 0.15) is 0 Å². The van der Waals surface area contributed by atoms with Gasteiger partial charge >= 0.3 is 0 Å². The lowest BCUT2D eigenvalue weighted by Crippen LogP contribution is -2.55. The molecular weight excluding hydrogens is 420 g/mol. The molecule has 0 radical (unpaired) electrons. The molecule has 1 heterocycles. The molecule has 4 fully saturated rings. The fourth-order valence-corrected chi connectivity index (χ4v) is 9.51. The quantitative estimate of drug-likeness (QED) is 0.580. The first-order valence-electron chi connectivity index (χ1n) is 13.8. The van der Waals surface area contributed by atoms with Gasteiger partial charge in [-0.1, -0.05) is 25.5 Å². The number of ketones is 1. The summed E-state index contributed by atoms with van der Waals surface area (Å²) in [7, 11) is 0. The van der Waals surface area contributed by atoms with Crippen LogP contribution in [-0.4, -0.2) is 26.3 Å². The molecule has 4 nitrogen and oxygen atoms in total. The number of hydrogen-bond donors (Lipinski definition) is 1. The maximum absolute atomic E-state index is 13.7. The van der Waals surface area contributed by atoms with Gasteiger partial charge in [-0.05, 0) is 118 Å². The van der Waals surface area contributed by atoms with Crippen molar-refractivity contribution in [3.8, 4) is 0 Å². The van der Waals surface area contributed by atoms with E-state index >= 15 is 0 Å². The van der Waals surface area contributed by atoms with Crippen LogP contribution in [0.3, 0.4) is 0 Å². The number of Topliss-reactive ketones (excluding diaryl/α,β-unsaturated/α-hetero) is 1. The Labute approximate surface area is 204 Å². The van der Waals surface area contributed by atoms with Gasteiger partial charge in [0.15, 0.2) is 5.78 Å². The predicted octanol–water partition coefficient (Wildman–Crippen LogP) is 6.32. The molecule has 0 saturated heterocycles. The van der Waals surface area contributed by atoms with E-state index in [0.717, 1.165) is 42.0 Å². The van der Waals surface area contributed by atoms with Crippen LogP contribution in [0.25, 0.3) is 10.9 Å². The van der Waals surface area contributed by atoms with E-state index in [1.165, 1.54) is 44.1 Å². The molecule has 0 amide bonds. The van der Waals surface area contributed by atoms with E-state index in [0.29, 0.717) is 29.6 Å². The van der Waals surface area contributed by atoms with Gasteiger partial charge in [0.25, 0.3) is 0 Å². The summed E-state index contributed by atoms with van der Waals surface area (Å²) in [6, 6.07) is 6.30. The molecule has 0 spiro atoms. The highest BCUT2D eigenvalue weighted by atomic mass is 16.3. The van der Waals surface area contributed by atoms with Crippen LogP contribution in [0, 0.1) is 47.3 Å². The third-order valence-electron chi connectivity index (χ3n) is 11.4. The molecule has 4 aliphatic carbocycles. The van der Waals surface area contributed by atoms with Crippen molar-refractivity contribution < 1.29 is 9.90 Å². The van der Waals surface area contributed by atoms with Gasteiger partial charge in [-0.25, -0.2) is 0 Å². The zero-order valence-corrected chi connectivity index (χ0v) is 21.5. The van der Waals surface area contributed by atoms with Gasteiger partial charge in [-0.3, -0.25) is 9.48 Å². The largest absolute Gasteiger partial charge is 0.390 e. The van der Waals surface area contributed by atoms with Crippen molar-refractivity contribution in [3.63, 3.8) is 0 Å². The number of carbonyl (C=O) groups excluding carboxylic acids is 1. The number of nitrogens with zero attached hydrogens (tertiary/aromatic N) is 2. The van der Waals surface area contributed by atoms with Crippen molar-refractivity contribution >= 4 is 16.7 Å². The molecule has 34 heavy (non-hydrogen) atoms. The number of hydrogen-bond acceptors (Lipinski definition) is 3. The Morgan fingerprint density at radius 1 is 1.03 bits per heavy atom. The van der Waals surface area contributed by atoms with Crippen LogP contribution < -0.4 is 0 Å². The summed E-state index contributed by atoms with van der Waals surface area (Å²) in [6.07, 6.45) is 12.4. The van der Waals surface area contributed by atoms with Crippen LogP contribution in [0.4, 0.5) is 0 Å². The molecular formula is C30H42N2O2. The minimum atomic E-state index is -0.471. The summed E-state index contributed by atoms with van der Waals surface area (Å²) in [5.74, 6) is 3.44. The van der Waals surface area contributed by atoms with Crippen LogP contribution in [-0.2, 0) is 11.3 Å². The van der Waals surface area contributed by atoms with Gasteiger partial charge in [-0.2, -0.15) is 5.10 Å². The molecule has 1 aromatic heterocycles. The highest BCUT2D eigenvalue weighted by Gasteiger charge is 2.61. The number of carbonyl (C=O) groups is 1. The molecule has 1 N–H and O–H groups in total. The molecule has 0 bridgehead atoms. The minimum absolute atomic E-state index is 0.144. The summed E-state index contributed by atoms with van der Waals surface area (Å²) in [5, 5.41) is 16.6. The number of aryl methyl sites for hydroxylation is 1. The summed E-state index contributed by atoms with van der Waals surface area (Å²) in [6.45, 7) is 9.55. The fourth-order valence-electron chi connectivity index (χ4n) is 9.51. The molecule has 0 aliphatic heterocycles. The number of rotatable bonds is 3. The second-order valence-electron chi connectivity index (χ2n) is 13.4. The minimum Gasteiger partial charge on any atom is -0.390 e. The van der Waals surface area contributed by atoms with E-state index in [9.17, 15) is 9.90 Å². The monoisotopic (exact) mass is 462 g/mol. The first-order chi connectivity index (χ1) is 16.1. The molecule has 2 aromatic rings. The van der Waals surface area contributed by atoms with Gasteiger partial charge < -0.3 is 5.11 Å².